The van der Waals surface area contributed by atoms with Crippen molar-refractivity contribution in [3.05, 3.63) is 0 Å². The molecule has 0 aromatic heterocycles. The van der Waals surface area contributed by atoms with E-state index in [1.807, 2.05) is 27.9 Å². The topological polar surface area (TPSA) is 32.3 Å². The summed E-state index contributed by atoms with van der Waals surface area (Å²) in [5, 5.41) is 3.02. The summed E-state index contributed by atoms with van der Waals surface area (Å²) in [5.41, 5.74) is -0.453. The second kappa shape index (κ2) is 5.35. The SMILES string of the molecule is CNC(C)(C)C(=O)N(C)CCC(C)C. The van der Waals surface area contributed by atoms with Gasteiger partial charge in [0.2, 0.25) is 5.91 Å². The van der Waals surface area contributed by atoms with E-state index in [9.17, 15) is 4.79 Å². The molecule has 14 heavy (non-hydrogen) atoms. The second-order valence-electron chi connectivity index (χ2n) is 4.78. The third kappa shape index (κ3) is 4.09. The summed E-state index contributed by atoms with van der Waals surface area (Å²) in [5.74, 6) is 0.795. The van der Waals surface area contributed by atoms with Crippen LogP contribution in [0.3, 0.4) is 0 Å². The number of carbonyl (C=O) groups excluding carboxylic acids is 1. The Hall–Kier alpha value is -0.570. The lowest BCUT2D eigenvalue weighted by molar-refractivity contribution is -0.135. The molecule has 0 spiro atoms. The first-order chi connectivity index (χ1) is 6.31. The summed E-state index contributed by atoms with van der Waals surface area (Å²) in [6.07, 6.45) is 1.06. The number of carbonyl (C=O) groups is 1. The van der Waals surface area contributed by atoms with Gasteiger partial charge in [0.15, 0.2) is 0 Å². The molecule has 84 valence electrons. The van der Waals surface area contributed by atoms with Gasteiger partial charge in [-0.15, -0.1) is 0 Å². The molecule has 0 atom stereocenters. The molecule has 0 bridgehead atoms. The van der Waals surface area contributed by atoms with Crippen molar-refractivity contribution >= 4 is 5.91 Å². The largest absolute Gasteiger partial charge is 0.344 e. The van der Waals surface area contributed by atoms with Crippen molar-refractivity contribution in [1.82, 2.24) is 10.2 Å². The van der Waals surface area contributed by atoms with Gasteiger partial charge < -0.3 is 10.2 Å². The Morgan fingerprint density at radius 1 is 1.43 bits per heavy atom. The van der Waals surface area contributed by atoms with Crippen molar-refractivity contribution in [3.8, 4) is 0 Å². The van der Waals surface area contributed by atoms with E-state index >= 15 is 0 Å². The predicted octanol–water partition coefficient (Wildman–Crippen LogP) is 1.49. The monoisotopic (exact) mass is 200 g/mol. The molecule has 1 amide bonds. The number of hydrogen-bond acceptors (Lipinski definition) is 2. The van der Waals surface area contributed by atoms with E-state index < -0.39 is 5.54 Å². The molecule has 0 radical (unpaired) electrons. The number of nitrogens with one attached hydrogen (secondary N) is 1. The van der Waals surface area contributed by atoms with Crippen LogP contribution in [0.2, 0.25) is 0 Å². The van der Waals surface area contributed by atoms with Gasteiger partial charge in [-0.05, 0) is 33.2 Å². The minimum atomic E-state index is -0.453. The van der Waals surface area contributed by atoms with E-state index in [1.165, 1.54) is 0 Å². The molecule has 0 aromatic rings. The Morgan fingerprint density at radius 3 is 2.29 bits per heavy atom. The standard InChI is InChI=1S/C11H24N2O/c1-9(2)7-8-13(6)10(14)11(3,4)12-5/h9,12H,7-8H2,1-6H3. The lowest BCUT2D eigenvalue weighted by Crippen LogP contribution is -2.51. The third-order valence-corrected chi connectivity index (χ3v) is 2.55. The van der Waals surface area contributed by atoms with Gasteiger partial charge in [0.05, 0.1) is 5.54 Å². The average Bonchev–Trinajstić information content (AvgIpc) is 2.12. The van der Waals surface area contributed by atoms with Crippen LogP contribution in [0.5, 0.6) is 0 Å². The van der Waals surface area contributed by atoms with Gasteiger partial charge in [0.1, 0.15) is 0 Å². The van der Waals surface area contributed by atoms with Crippen LogP contribution in [-0.2, 0) is 4.79 Å². The van der Waals surface area contributed by atoms with E-state index in [4.69, 9.17) is 0 Å². The minimum absolute atomic E-state index is 0.153. The fourth-order valence-corrected chi connectivity index (χ4v) is 1.14. The van der Waals surface area contributed by atoms with Crippen molar-refractivity contribution in [3.63, 3.8) is 0 Å². The number of amides is 1. The Morgan fingerprint density at radius 2 is 1.93 bits per heavy atom. The Labute approximate surface area is 87.9 Å². The van der Waals surface area contributed by atoms with Crippen LogP contribution in [-0.4, -0.2) is 37.0 Å². The smallest absolute Gasteiger partial charge is 0.242 e. The van der Waals surface area contributed by atoms with Crippen molar-refractivity contribution in [2.45, 2.75) is 39.7 Å². The Bertz CT molecular complexity index is 188. The lowest BCUT2D eigenvalue weighted by atomic mass is 10.0. The molecule has 3 heteroatoms. The summed E-state index contributed by atoms with van der Waals surface area (Å²) in [4.78, 5) is 13.7. The summed E-state index contributed by atoms with van der Waals surface area (Å²) in [7, 11) is 3.68. The van der Waals surface area contributed by atoms with Gasteiger partial charge in [-0.3, -0.25) is 4.79 Å². The van der Waals surface area contributed by atoms with E-state index in [1.54, 1.807) is 4.90 Å². The molecule has 3 nitrogen and oxygen atoms in total. The highest BCUT2D eigenvalue weighted by atomic mass is 16.2. The quantitative estimate of drug-likeness (QED) is 0.729. The van der Waals surface area contributed by atoms with Crippen LogP contribution in [0.4, 0.5) is 0 Å². The van der Waals surface area contributed by atoms with Crippen LogP contribution in [0.15, 0.2) is 0 Å². The summed E-state index contributed by atoms with van der Waals surface area (Å²) < 4.78 is 0. The Kier molecular flexibility index (Phi) is 5.13. The maximum Gasteiger partial charge on any atom is 0.242 e. The van der Waals surface area contributed by atoms with Crippen LogP contribution >= 0.6 is 0 Å². The maximum absolute atomic E-state index is 11.9. The lowest BCUT2D eigenvalue weighted by Gasteiger charge is -2.29. The molecule has 0 saturated heterocycles. The maximum atomic E-state index is 11.9. The van der Waals surface area contributed by atoms with E-state index in [-0.39, 0.29) is 5.91 Å². The third-order valence-electron chi connectivity index (χ3n) is 2.55. The molecule has 0 aromatic carbocycles. The van der Waals surface area contributed by atoms with Crippen molar-refractivity contribution in [2.75, 3.05) is 20.6 Å². The van der Waals surface area contributed by atoms with Gasteiger partial charge in [-0.1, -0.05) is 13.8 Å². The first kappa shape index (κ1) is 13.4. The highest BCUT2D eigenvalue weighted by Crippen LogP contribution is 2.08. The summed E-state index contributed by atoms with van der Waals surface area (Å²) in [6, 6.07) is 0. The molecule has 0 saturated carbocycles. The second-order valence-corrected chi connectivity index (χ2v) is 4.78. The van der Waals surface area contributed by atoms with E-state index in [0.717, 1.165) is 13.0 Å². The fourth-order valence-electron chi connectivity index (χ4n) is 1.14. The zero-order chi connectivity index (χ0) is 11.4. The highest BCUT2D eigenvalue weighted by Gasteiger charge is 2.27. The van der Waals surface area contributed by atoms with Gasteiger partial charge in [0.25, 0.3) is 0 Å². The van der Waals surface area contributed by atoms with Gasteiger partial charge in [-0.25, -0.2) is 0 Å². The Balaban J connectivity index is 4.12. The number of rotatable bonds is 5. The molecule has 0 fully saturated rings. The van der Waals surface area contributed by atoms with Gasteiger partial charge >= 0.3 is 0 Å². The molecule has 1 N–H and O–H groups in total. The molecule has 0 heterocycles. The summed E-state index contributed by atoms with van der Waals surface area (Å²) in [6.45, 7) is 8.98. The molecule has 0 rings (SSSR count). The first-order valence-corrected chi connectivity index (χ1v) is 5.25. The zero-order valence-electron chi connectivity index (χ0n) is 10.3. The van der Waals surface area contributed by atoms with Crippen LogP contribution in [0.25, 0.3) is 0 Å². The van der Waals surface area contributed by atoms with Crippen LogP contribution in [0, 0.1) is 5.92 Å². The van der Waals surface area contributed by atoms with Gasteiger partial charge in [0, 0.05) is 13.6 Å². The van der Waals surface area contributed by atoms with Crippen LogP contribution < -0.4 is 5.32 Å². The summed E-state index contributed by atoms with van der Waals surface area (Å²) >= 11 is 0. The first-order valence-electron chi connectivity index (χ1n) is 5.25. The molecular weight excluding hydrogens is 176 g/mol. The number of likely N-dealkylation sites (N-methyl/N-ethyl adjacent to an activating group) is 2. The molecule has 0 aliphatic heterocycles. The highest BCUT2D eigenvalue weighted by molar-refractivity contribution is 5.85. The fraction of sp³-hybridized carbons (Fsp3) is 0.909. The molecule has 0 aliphatic carbocycles. The number of hydrogen-bond donors (Lipinski definition) is 1. The molecule has 0 aliphatic rings. The van der Waals surface area contributed by atoms with E-state index in [0.29, 0.717) is 5.92 Å². The normalized spacial score (nSPS) is 11.9. The van der Waals surface area contributed by atoms with Crippen LogP contribution in [0.1, 0.15) is 34.1 Å². The molecular formula is C11H24N2O. The molecule has 0 unspecified atom stereocenters. The van der Waals surface area contributed by atoms with E-state index in [2.05, 4.69) is 19.2 Å². The zero-order valence-corrected chi connectivity index (χ0v) is 10.3. The average molecular weight is 200 g/mol. The van der Waals surface area contributed by atoms with Crippen molar-refractivity contribution in [1.29, 1.82) is 0 Å². The number of nitrogens with zero attached hydrogens (tertiary/aromatic N) is 1. The van der Waals surface area contributed by atoms with Gasteiger partial charge in [-0.2, -0.15) is 0 Å². The van der Waals surface area contributed by atoms with Crippen molar-refractivity contribution < 1.29 is 4.79 Å². The predicted molar refractivity (Wildman–Crippen MR) is 60.2 cm³/mol. The minimum Gasteiger partial charge on any atom is -0.344 e. The van der Waals surface area contributed by atoms with Crippen molar-refractivity contribution in [2.24, 2.45) is 5.92 Å².